The van der Waals surface area contributed by atoms with Gasteiger partial charge in [0.15, 0.2) is 5.78 Å². The Balaban J connectivity index is 2.36. The van der Waals surface area contributed by atoms with E-state index >= 15 is 0 Å². The first-order chi connectivity index (χ1) is 9.38. The second kappa shape index (κ2) is 5.40. The van der Waals surface area contributed by atoms with E-state index in [1.807, 2.05) is 0 Å². The fraction of sp³-hybridized carbons (Fsp3) is 0.143. The number of hydrogen-bond acceptors (Lipinski definition) is 2. The Morgan fingerprint density at radius 1 is 1.20 bits per heavy atom. The molecule has 0 fully saturated rings. The van der Waals surface area contributed by atoms with E-state index in [1.54, 1.807) is 12.1 Å². The van der Waals surface area contributed by atoms with Crippen molar-refractivity contribution in [2.45, 2.75) is 12.6 Å². The van der Waals surface area contributed by atoms with Gasteiger partial charge in [-0.15, -0.1) is 0 Å². The van der Waals surface area contributed by atoms with Crippen molar-refractivity contribution in [3.8, 4) is 0 Å². The van der Waals surface area contributed by atoms with E-state index in [2.05, 4.69) is 4.98 Å². The number of aromatic nitrogens is 1. The summed E-state index contributed by atoms with van der Waals surface area (Å²) >= 11 is 0. The Labute approximate surface area is 112 Å². The number of alkyl halides is 3. The summed E-state index contributed by atoms with van der Waals surface area (Å²) in [4.78, 5) is 15.7. The average molecular weight is 283 g/mol. The predicted octanol–water partition coefficient (Wildman–Crippen LogP) is 3.66. The van der Waals surface area contributed by atoms with Crippen LogP contribution in [0.2, 0.25) is 0 Å². The molecule has 0 amide bonds. The minimum Gasteiger partial charge on any atom is -0.294 e. The average Bonchev–Trinajstić information content (AvgIpc) is 2.38. The van der Waals surface area contributed by atoms with Gasteiger partial charge in [0.05, 0.1) is 5.56 Å². The molecule has 0 aliphatic rings. The molecule has 0 radical (unpaired) electrons. The van der Waals surface area contributed by atoms with Crippen LogP contribution in [0.15, 0.2) is 42.7 Å². The molecule has 0 bridgehead atoms. The summed E-state index contributed by atoms with van der Waals surface area (Å²) in [7, 11) is 0. The Bertz CT molecular complexity index is 623. The third kappa shape index (κ3) is 3.20. The van der Waals surface area contributed by atoms with E-state index in [0.29, 0.717) is 23.8 Å². The van der Waals surface area contributed by atoms with Gasteiger partial charge in [-0.2, -0.15) is 13.2 Å². The SMILES string of the molecule is O=C(Cc1cccnc1)c1cc(F)ccc1C(F)(F)F. The molecule has 2 nitrogen and oxygen atoms in total. The first-order valence-corrected chi connectivity index (χ1v) is 5.67. The van der Waals surface area contributed by atoms with Crippen molar-refractivity contribution in [1.82, 2.24) is 4.98 Å². The first kappa shape index (κ1) is 14.2. The van der Waals surface area contributed by atoms with E-state index in [-0.39, 0.29) is 6.42 Å². The number of pyridine rings is 1. The van der Waals surface area contributed by atoms with Gasteiger partial charge in [0.25, 0.3) is 0 Å². The molecule has 2 aromatic rings. The Morgan fingerprint density at radius 3 is 2.55 bits per heavy atom. The molecule has 0 spiro atoms. The normalized spacial score (nSPS) is 11.4. The smallest absolute Gasteiger partial charge is 0.294 e. The van der Waals surface area contributed by atoms with Crippen molar-refractivity contribution < 1.29 is 22.4 Å². The molecule has 0 N–H and O–H groups in total. The molecule has 0 saturated heterocycles. The lowest BCUT2D eigenvalue weighted by molar-refractivity contribution is -0.137. The topological polar surface area (TPSA) is 30.0 Å². The molecule has 0 aliphatic heterocycles. The summed E-state index contributed by atoms with van der Waals surface area (Å²) in [6.07, 6.45) is -2.10. The van der Waals surface area contributed by atoms with Gasteiger partial charge in [-0.25, -0.2) is 4.39 Å². The maximum absolute atomic E-state index is 13.1. The molecule has 0 unspecified atom stereocenters. The molecule has 1 aromatic heterocycles. The lowest BCUT2D eigenvalue weighted by atomic mass is 9.98. The van der Waals surface area contributed by atoms with Gasteiger partial charge in [-0.1, -0.05) is 6.07 Å². The summed E-state index contributed by atoms with van der Waals surface area (Å²) in [5.74, 6) is -1.68. The summed E-state index contributed by atoms with van der Waals surface area (Å²) in [5.41, 5.74) is -1.33. The quantitative estimate of drug-likeness (QED) is 0.635. The molecular weight excluding hydrogens is 274 g/mol. The van der Waals surface area contributed by atoms with Crippen LogP contribution >= 0.6 is 0 Å². The summed E-state index contributed by atoms with van der Waals surface area (Å²) in [6.45, 7) is 0. The monoisotopic (exact) mass is 283 g/mol. The summed E-state index contributed by atoms with van der Waals surface area (Å²) in [6, 6.07) is 5.01. The van der Waals surface area contributed by atoms with Crippen LogP contribution in [0.1, 0.15) is 21.5 Å². The minimum absolute atomic E-state index is 0.264. The van der Waals surface area contributed by atoms with Crippen molar-refractivity contribution in [3.05, 3.63) is 65.2 Å². The largest absolute Gasteiger partial charge is 0.417 e. The lowest BCUT2D eigenvalue weighted by Gasteiger charge is -2.12. The number of rotatable bonds is 3. The number of nitrogens with zero attached hydrogens (tertiary/aromatic N) is 1. The van der Waals surface area contributed by atoms with E-state index < -0.39 is 28.9 Å². The predicted molar refractivity (Wildman–Crippen MR) is 63.7 cm³/mol. The zero-order chi connectivity index (χ0) is 14.8. The van der Waals surface area contributed by atoms with Gasteiger partial charge in [0.2, 0.25) is 0 Å². The number of halogens is 4. The van der Waals surface area contributed by atoms with E-state index in [0.717, 1.165) is 0 Å². The van der Waals surface area contributed by atoms with Crippen LogP contribution in [0.5, 0.6) is 0 Å². The highest BCUT2D eigenvalue weighted by atomic mass is 19.4. The van der Waals surface area contributed by atoms with E-state index in [1.165, 1.54) is 12.4 Å². The maximum atomic E-state index is 13.1. The fourth-order valence-corrected chi connectivity index (χ4v) is 1.78. The van der Waals surface area contributed by atoms with Crippen molar-refractivity contribution in [1.29, 1.82) is 0 Å². The van der Waals surface area contributed by atoms with E-state index in [4.69, 9.17) is 0 Å². The van der Waals surface area contributed by atoms with Crippen LogP contribution in [-0.2, 0) is 12.6 Å². The van der Waals surface area contributed by atoms with Gasteiger partial charge in [-0.3, -0.25) is 9.78 Å². The molecule has 1 aromatic carbocycles. The van der Waals surface area contributed by atoms with Crippen molar-refractivity contribution in [2.24, 2.45) is 0 Å². The molecule has 104 valence electrons. The maximum Gasteiger partial charge on any atom is 0.417 e. The molecular formula is C14H9F4NO. The highest BCUT2D eigenvalue weighted by molar-refractivity contribution is 5.99. The van der Waals surface area contributed by atoms with Gasteiger partial charge in [0, 0.05) is 24.4 Å². The number of Topliss-reactive ketones (excluding diaryl/α,β-unsaturated/α-hetero) is 1. The first-order valence-electron chi connectivity index (χ1n) is 5.67. The number of carbonyl (C=O) groups excluding carboxylic acids is 1. The zero-order valence-corrected chi connectivity index (χ0v) is 10.1. The Morgan fingerprint density at radius 2 is 1.95 bits per heavy atom. The lowest BCUT2D eigenvalue weighted by Crippen LogP contribution is -2.15. The van der Waals surface area contributed by atoms with Gasteiger partial charge >= 0.3 is 6.18 Å². The van der Waals surface area contributed by atoms with Gasteiger partial charge < -0.3 is 0 Å². The Kier molecular flexibility index (Phi) is 3.83. The highest BCUT2D eigenvalue weighted by Gasteiger charge is 2.35. The third-order valence-corrected chi connectivity index (χ3v) is 2.67. The molecule has 0 aliphatic carbocycles. The molecule has 20 heavy (non-hydrogen) atoms. The van der Waals surface area contributed by atoms with Crippen molar-refractivity contribution in [2.75, 3.05) is 0 Å². The molecule has 2 rings (SSSR count). The second-order valence-electron chi connectivity index (χ2n) is 4.15. The summed E-state index contributed by atoms with van der Waals surface area (Å²) in [5, 5.41) is 0. The highest BCUT2D eigenvalue weighted by Crippen LogP contribution is 2.32. The van der Waals surface area contributed by atoms with Gasteiger partial charge in [0.1, 0.15) is 5.82 Å². The van der Waals surface area contributed by atoms with Crippen molar-refractivity contribution >= 4 is 5.78 Å². The van der Waals surface area contributed by atoms with Crippen LogP contribution in [0.4, 0.5) is 17.6 Å². The number of benzene rings is 1. The van der Waals surface area contributed by atoms with Crippen molar-refractivity contribution in [3.63, 3.8) is 0 Å². The van der Waals surface area contributed by atoms with Crippen LogP contribution in [0.3, 0.4) is 0 Å². The third-order valence-electron chi connectivity index (χ3n) is 2.67. The minimum atomic E-state index is -4.70. The van der Waals surface area contributed by atoms with Crippen LogP contribution in [-0.4, -0.2) is 10.8 Å². The second-order valence-corrected chi connectivity index (χ2v) is 4.15. The summed E-state index contributed by atoms with van der Waals surface area (Å²) < 4.78 is 51.5. The molecule has 1 heterocycles. The van der Waals surface area contributed by atoms with Gasteiger partial charge in [-0.05, 0) is 29.8 Å². The molecule has 0 saturated carbocycles. The zero-order valence-electron chi connectivity index (χ0n) is 10.1. The number of carbonyl (C=O) groups is 1. The van der Waals surface area contributed by atoms with Crippen LogP contribution in [0.25, 0.3) is 0 Å². The standard InChI is InChI=1S/C14H9F4NO/c15-10-3-4-12(14(16,17)18)11(7-10)13(20)6-9-2-1-5-19-8-9/h1-5,7-8H,6H2. The number of hydrogen-bond donors (Lipinski definition) is 0. The Hall–Kier alpha value is -2.24. The molecule has 6 heteroatoms. The number of ketones is 1. The molecule has 0 atom stereocenters. The van der Waals surface area contributed by atoms with E-state index in [9.17, 15) is 22.4 Å². The fourth-order valence-electron chi connectivity index (χ4n) is 1.78. The van der Waals surface area contributed by atoms with Crippen LogP contribution in [0, 0.1) is 5.82 Å². The van der Waals surface area contributed by atoms with Crippen LogP contribution < -0.4 is 0 Å².